The van der Waals surface area contributed by atoms with E-state index in [1.54, 1.807) is 23.9 Å². The molecule has 1 N–H and O–H groups in total. The number of halogens is 1. The first-order chi connectivity index (χ1) is 12.5. The van der Waals surface area contributed by atoms with Crippen molar-refractivity contribution in [1.29, 1.82) is 0 Å². The zero-order valence-electron chi connectivity index (χ0n) is 13.8. The SMILES string of the molecule is O=C(O)CC1CSCCN1C(=O)c1cc(COc2ccccc2F)on1. The van der Waals surface area contributed by atoms with Crippen LogP contribution in [0.3, 0.4) is 0 Å². The molecule has 1 aromatic heterocycles. The number of carboxylic acids is 1. The van der Waals surface area contributed by atoms with Crippen LogP contribution in [0.25, 0.3) is 0 Å². The van der Waals surface area contributed by atoms with Gasteiger partial charge < -0.3 is 19.3 Å². The van der Waals surface area contributed by atoms with Gasteiger partial charge in [0.1, 0.15) is 6.61 Å². The largest absolute Gasteiger partial charge is 0.482 e. The summed E-state index contributed by atoms with van der Waals surface area (Å²) in [7, 11) is 0. The van der Waals surface area contributed by atoms with E-state index < -0.39 is 11.8 Å². The normalized spacial score (nSPS) is 17.1. The lowest BCUT2D eigenvalue weighted by molar-refractivity contribution is -0.138. The number of hydrogen-bond acceptors (Lipinski definition) is 6. The molecule has 2 heterocycles. The van der Waals surface area contributed by atoms with Crippen LogP contribution in [0.4, 0.5) is 4.39 Å². The molecule has 3 rings (SSSR count). The van der Waals surface area contributed by atoms with Gasteiger partial charge in [0.2, 0.25) is 0 Å². The Balaban J connectivity index is 1.65. The number of thioether (sulfide) groups is 1. The van der Waals surface area contributed by atoms with Crippen LogP contribution in [0, 0.1) is 5.82 Å². The number of carbonyl (C=O) groups is 2. The number of amides is 1. The van der Waals surface area contributed by atoms with E-state index in [2.05, 4.69) is 5.16 Å². The molecule has 26 heavy (non-hydrogen) atoms. The van der Waals surface area contributed by atoms with Gasteiger partial charge in [-0.2, -0.15) is 11.8 Å². The first-order valence-corrected chi connectivity index (χ1v) is 9.13. The van der Waals surface area contributed by atoms with Crippen molar-refractivity contribution in [2.24, 2.45) is 0 Å². The predicted molar refractivity (Wildman–Crippen MR) is 91.6 cm³/mol. The summed E-state index contributed by atoms with van der Waals surface area (Å²) in [5, 5.41) is 12.8. The van der Waals surface area contributed by atoms with Gasteiger partial charge in [0.15, 0.2) is 23.0 Å². The average Bonchev–Trinajstić information content (AvgIpc) is 3.09. The van der Waals surface area contributed by atoms with Gasteiger partial charge in [-0.25, -0.2) is 4.39 Å². The second-order valence-electron chi connectivity index (χ2n) is 5.72. The summed E-state index contributed by atoms with van der Waals surface area (Å²) < 4.78 is 23.9. The third kappa shape index (κ3) is 4.34. The molecule has 138 valence electrons. The van der Waals surface area contributed by atoms with E-state index in [1.807, 2.05) is 0 Å². The van der Waals surface area contributed by atoms with E-state index in [1.165, 1.54) is 23.1 Å². The molecule has 0 aliphatic carbocycles. The Morgan fingerprint density at radius 2 is 2.23 bits per heavy atom. The van der Waals surface area contributed by atoms with E-state index >= 15 is 0 Å². The predicted octanol–water partition coefficient (Wildman–Crippen LogP) is 2.43. The quantitative estimate of drug-likeness (QED) is 0.823. The van der Waals surface area contributed by atoms with Gasteiger partial charge in [-0.05, 0) is 12.1 Å². The molecule has 9 heteroatoms. The van der Waals surface area contributed by atoms with E-state index in [-0.39, 0.29) is 42.2 Å². The van der Waals surface area contributed by atoms with Crippen LogP contribution in [-0.2, 0) is 11.4 Å². The average molecular weight is 380 g/mol. The van der Waals surface area contributed by atoms with Crippen molar-refractivity contribution in [2.75, 3.05) is 18.1 Å². The van der Waals surface area contributed by atoms with Crippen LogP contribution in [0.2, 0.25) is 0 Å². The minimum atomic E-state index is -0.950. The van der Waals surface area contributed by atoms with Crippen molar-refractivity contribution in [3.63, 3.8) is 0 Å². The van der Waals surface area contributed by atoms with E-state index in [9.17, 15) is 14.0 Å². The topological polar surface area (TPSA) is 92.9 Å². The van der Waals surface area contributed by atoms with Crippen LogP contribution >= 0.6 is 11.8 Å². The van der Waals surface area contributed by atoms with Crippen LogP contribution in [0.5, 0.6) is 5.75 Å². The number of para-hydroxylation sites is 1. The fourth-order valence-corrected chi connectivity index (χ4v) is 3.69. The Labute approximate surface area is 153 Å². The summed E-state index contributed by atoms with van der Waals surface area (Å²) in [4.78, 5) is 25.1. The van der Waals surface area contributed by atoms with Crippen molar-refractivity contribution < 1.29 is 28.3 Å². The molecular weight excluding hydrogens is 363 g/mol. The second kappa shape index (κ2) is 8.22. The van der Waals surface area contributed by atoms with Gasteiger partial charge in [0.25, 0.3) is 5.91 Å². The summed E-state index contributed by atoms with van der Waals surface area (Å²) in [6.45, 7) is 0.380. The number of carboxylic acid groups (broad SMARTS) is 1. The zero-order valence-corrected chi connectivity index (χ0v) is 14.6. The molecule has 1 aliphatic rings. The maximum Gasteiger partial charge on any atom is 0.305 e. The van der Waals surface area contributed by atoms with E-state index in [4.69, 9.17) is 14.4 Å². The highest BCUT2D eigenvalue weighted by atomic mass is 32.2. The maximum atomic E-state index is 13.5. The van der Waals surface area contributed by atoms with Crippen LogP contribution < -0.4 is 4.74 Å². The molecule has 0 spiro atoms. The van der Waals surface area contributed by atoms with Crippen molar-refractivity contribution in [3.8, 4) is 5.75 Å². The smallest absolute Gasteiger partial charge is 0.305 e. The number of ether oxygens (including phenoxy) is 1. The Morgan fingerprint density at radius 3 is 3.00 bits per heavy atom. The monoisotopic (exact) mass is 380 g/mol. The van der Waals surface area contributed by atoms with Crippen molar-refractivity contribution in [1.82, 2.24) is 10.1 Å². The molecule has 1 saturated heterocycles. The Bertz CT molecular complexity index is 797. The fourth-order valence-electron chi connectivity index (χ4n) is 2.63. The van der Waals surface area contributed by atoms with Gasteiger partial charge in [0, 0.05) is 24.1 Å². The van der Waals surface area contributed by atoms with Gasteiger partial charge in [-0.3, -0.25) is 9.59 Å². The molecule has 1 aliphatic heterocycles. The first-order valence-electron chi connectivity index (χ1n) is 7.98. The number of aromatic nitrogens is 1. The summed E-state index contributed by atoms with van der Waals surface area (Å²) in [5.74, 6) is -0.163. The number of benzene rings is 1. The lowest BCUT2D eigenvalue weighted by Crippen LogP contribution is -2.47. The molecule has 0 bridgehead atoms. The summed E-state index contributed by atoms with van der Waals surface area (Å²) in [6.07, 6.45) is -0.111. The highest BCUT2D eigenvalue weighted by molar-refractivity contribution is 7.99. The van der Waals surface area contributed by atoms with Gasteiger partial charge in [-0.1, -0.05) is 17.3 Å². The van der Waals surface area contributed by atoms with Crippen LogP contribution in [-0.4, -0.2) is 51.1 Å². The van der Waals surface area contributed by atoms with Gasteiger partial charge >= 0.3 is 5.97 Å². The number of aliphatic carboxylic acids is 1. The lowest BCUT2D eigenvalue weighted by Gasteiger charge is -2.33. The number of nitrogens with zero attached hydrogens (tertiary/aromatic N) is 2. The highest BCUT2D eigenvalue weighted by Crippen LogP contribution is 2.22. The summed E-state index contributed by atoms with van der Waals surface area (Å²) in [6, 6.07) is 7.01. The molecule has 1 atom stereocenters. The molecule has 1 aromatic carbocycles. The Hall–Kier alpha value is -2.55. The maximum absolute atomic E-state index is 13.5. The van der Waals surface area contributed by atoms with Crippen molar-refractivity contribution >= 4 is 23.6 Å². The van der Waals surface area contributed by atoms with Crippen LogP contribution in [0.15, 0.2) is 34.9 Å². The number of carbonyl (C=O) groups excluding carboxylic acids is 1. The van der Waals surface area contributed by atoms with Crippen LogP contribution in [0.1, 0.15) is 22.7 Å². The third-order valence-electron chi connectivity index (χ3n) is 3.88. The molecule has 7 nitrogen and oxygen atoms in total. The molecular formula is C17H17FN2O5S. The Kier molecular flexibility index (Phi) is 5.77. The Morgan fingerprint density at radius 1 is 1.42 bits per heavy atom. The van der Waals surface area contributed by atoms with Gasteiger partial charge in [0.05, 0.1) is 12.5 Å². The first kappa shape index (κ1) is 18.2. The number of hydrogen-bond donors (Lipinski definition) is 1. The molecule has 1 unspecified atom stereocenters. The molecule has 2 aromatic rings. The zero-order chi connectivity index (χ0) is 18.5. The number of rotatable bonds is 6. The van der Waals surface area contributed by atoms with Crippen molar-refractivity contribution in [2.45, 2.75) is 19.1 Å². The second-order valence-corrected chi connectivity index (χ2v) is 6.87. The molecule has 1 fully saturated rings. The fraction of sp³-hybridized carbons (Fsp3) is 0.353. The lowest BCUT2D eigenvalue weighted by atomic mass is 10.1. The minimum Gasteiger partial charge on any atom is -0.482 e. The third-order valence-corrected chi connectivity index (χ3v) is 4.98. The van der Waals surface area contributed by atoms with E-state index in [0.29, 0.717) is 12.3 Å². The van der Waals surface area contributed by atoms with Gasteiger partial charge in [-0.15, -0.1) is 0 Å². The van der Waals surface area contributed by atoms with E-state index in [0.717, 1.165) is 5.75 Å². The summed E-state index contributed by atoms with van der Waals surface area (Å²) in [5.41, 5.74) is 0.0828. The highest BCUT2D eigenvalue weighted by Gasteiger charge is 2.31. The standard InChI is InChI=1S/C17H17FN2O5S/c18-13-3-1-2-4-15(13)24-9-12-8-14(19-25-12)17(23)20-5-6-26-10-11(20)7-16(21)22/h1-4,8,11H,5-7,9-10H2,(H,21,22). The molecule has 1 amide bonds. The minimum absolute atomic E-state index is 0.0738. The molecule has 0 saturated carbocycles. The molecule has 0 radical (unpaired) electrons. The van der Waals surface area contributed by atoms with Crippen molar-refractivity contribution in [3.05, 3.63) is 47.6 Å². The summed E-state index contributed by atoms with van der Waals surface area (Å²) >= 11 is 1.62.